The topological polar surface area (TPSA) is 35.2 Å². The zero-order valence-corrected chi connectivity index (χ0v) is 10.0. The van der Waals surface area contributed by atoms with Gasteiger partial charge in [-0.1, -0.05) is 19.4 Å². The standard InChI is InChI=1S/C14H21NO/c1-2-11-8-9-13(10-14(11)15)16-12-6-4-3-5-7-12/h8-10,12H,2-7,15H2,1H3. The van der Waals surface area contributed by atoms with E-state index in [1.807, 2.05) is 12.1 Å². The van der Waals surface area contributed by atoms with Crippen LogP contribution in [0.5, 0.6) is 5.75 Å². The molecule has 0 spiro atoms. The number of aryl methyl sites for hydroxylation is 1. The van der Waals surface area contributed by atoms with Crippen molar-refractivity contribution in [2.45, 2.75) is 51.6 Å². The first-order valence-electron chi connectivity index (χ1n) is 6.34. The minimum absolute atomic E-state index is 0.403. The van der Waals surface area contributed by atoms with E-state index in [0.717, 1.165) is 17.9 Å². The number of ether oxygens (including phenoxy) is 1. The van der Waals surface area contributed by atoms with Gasteiger partial charge in [0.1, 0.15) is 5.75 Å². The second-order valence-corrected chi connectivity index (χ2v) is 4.59. The number of benzene rings is 1. The van der Waals surface area contributed by atoms with Crippen LogP contribution in [0.1, 0.15) is 44.6 Å². The lowest BCUT2D eigenvalue weighted by Crippen LogP contribution is -2.19. The molecule has 2 N–H and O–H groups in total. The molecule has 0 bridgehead atoms. The monoisotopic (exact) mass is 219 g/mol. The van der Waals surface area contributed by atoms with Gasteiger partial charge in [0.15, 0.2) is 0 Å². The maximum atomic E-state index is 5.96. The van der Waals surface area contributed by atoms with E-state index in [9.17, 15) is 0 Å². The fraction of sp³-hybridized carbons (Fsp3) is 0.571. The smallest absolute Gasteiger partial charge is 0.121 e. The van der Waals surface area contributed by atoms with Gasteiger partial charge < -0.3 is 10.5 Å². The van der Waals surface area contributed by atoms with E-state index in [1.54, 1.807) is 0 Å². The predicted molar refractivity (Wildman–Crippen MR) is 67.7 cm³/mol. The highest BCUT2D eigenvalue weighted by molar-refractivity contribution is 5.51. The van der Waals surface area contributed by atoms with Crippen molar-refractivity contribution in [3.63, 3.8) is 0 Å². The Morgan fingerprint density at radius 3 is 2.62 bits per heavy atom. The number of nitrogens with two attached hydrogens (primary N) is 1. The molecule has 16 heavy (non-hydrogen) atoms. The van der Waals surface area contributed by atoms with Crippen LogP contribution in [-0.4, -0.2) is 6.10 Å². The molecule has 1 aromatic rings. The molecule has 1 aliphatic carbocycles. The first kappa shape index (κ1) is 11.3. The van der Waals surface area contributed by atoms with Crippen molar-refractivity contribution in [3.05, 3.63) is 23.8 Å². The molecule has 0 amide bonds. The van der Waals surface area contributed by atoms with Gasteiger partial charge in [-0.25, -0.2) is 0 Å². The summed E-state index contributed by atoms with van der Waals surface area (Å²) in [7, 11) is 0. The molecule has 0 radical (unpaired) electrons. The van der Waals surface area contributed by atoms with Gasteiger partial charge in [-0.15, -0.1) is 0 Å². The van der Waals surface area contributed by atoms with Crippen molar-refractivity contribution in [3.8, 4) is 5.75 Å². The summed E-state index contributed by atoms with van der Waals surface area (Å²) < 4.78 is 5.96. The molecule has 2 heteroatoms. The Labute approximate surface area is 97.8 Å². The molecule has 0 heterocycles. The van der Waals surface area contributed by atoms with Gasteiger partial charge >= 0.3 is 0 Å². The second-order valence-electron chi connectivity index (χ2n) is 4.59. The van der Waals surface area contributed by atoms with Crippen LogP contribution in [0.4, 0.5) is 5.69 Å². The molecule has 0 aliphatic heterocycles. The number of anilines is 1. The van der Waals surface area contributed by atoms with E-state index < -0.39 is 0 Å². The number of hydrogen-bond donors (Lipinski definition) is 1. The molecular weight excluding hydrogens is 198 g/mol. The van der Waals surface area contributed by atoms with E-state index in [-0.39, 0.29) is 0 Å². The van der Waals surface area contributed by atoms with Crippen molar-refractivity contribution >= 4 is 5.69 Å². The van der Waals surface area contributed by atoms with E-state index in [4.69, 9.17) is 10.5 Å². The Morgan fingerprint density at radius 2 is 2.00 bits per heavy atom. The Bertz CT molecular complexity index is 343. The third-order valence-corrected chi connectivity index (χ3v) is 3.35. The summed E-state index contributed by atoms with van der Waals surface area (Å²) in [4.78, 5) is 0. The molecule has 0 aromatic heterocycles. The predicted octanol–water partition coefficient (Wildman–Crippen LogP) is 3.54. The number of hydrogen-bond acceptors (Lipinski definition) is 2. The molecule has 0 unspecified atom stereocenters. The third kappa shape index (κ3) is 2.69. The van der Waals surface area contributed by atoms with Gasteiger partial charge in [-0.3, -0.25) is 0 Å². The lowest BCUT2D eigenvalue weighted by atomic mass is 9.98. The number of rotatable bonds is 3. The highest BCUT2D eigenvalue weighted by Gasteiger charge is 2.14. The van der Waals surface area contributed by atoms with Crippen molar-refractivity contribution in [2.75, 3.05) is 5.73 Å². The van der Waals surface area contributed by atoms with Crippen molar-refractivity contribution in [1.29, 1.82) is 0 Å². The summed E-state index contributed by atoms with van der Waals surface area (Å²) >= 11 is 0. The molecule has 88 valence electrons. The van der Waals surface area contributed by atoms with Crippen molar-refractivity contribution in [2.24, 2.45) is 0 Å². The molecule has 2 rings (SSSR count). The van der Waals surface area contributed by atoms with Crippen LogP contribution in [0.15, 0.2) is 18.2 Å². The van der Waals surface area contributed by atoms with E-state index in [1.165, 1.54) is 37.7 Å². The molecule has 0 atom stereocenters. The van der Waals surface area contributed by atoms with Crippen LogP contribution in [0, 0.1) is 0 Å². The van der Waals surface area contributed by atoms with Crippen molar-refractivity contribution in [1.82, 2.24) is 0 Å². The van der Waals surface area contributed by atoms with Crippen LogP contribution < -0.4 is 10.5 Å². The summed E-state index contributed by atoms with van der Waals surface area (Å²) in [6, 6.07) is 6.09. The maximum absolute atomic E-state index is 5.96. The summed E-state index contributed by atoms with van der Waals surface area (Å²) in [6.45, 7) is 2.12. The summed E-state index contributed by atoms with van der Waals surface area (Å²) in [5.74, 6) is 0.932. The SMILES string of the molecule is CCc1ccc(OC2CCCCC2)cc1N. The average Bonchev–Trinajstić information content (AvgIpc) is 2.31. The van der Waals surface area contributed by atoms with Gasteiger partial charge in [0, 0.05) is 11.8 Å². The Balaban J connectivity index is 2.01. The van der Waals surface area contributed by atoms with E-state index in [2.05, 4.69) is 13.0 Å². The summed E-state index contributed by atoms with van der Waals surface area (Å²) in [5.41, 5.74) is 8.02. The molecule has 1 fully saturated rings. The zero-order chi connectivity index (χ0) is 11.4. The van der Waals surface area contributed by atoms with Crippen LogP contribution in [0.25, 0.3) is 0 Å². The molecule has 1 saturated carbocycles. The minimum atomic E-state index is 0.403. The largest absolute Gasteiger partial charge is 0.490 e. The first-order chi connectivity index (χ1) is 7.79. The molecule has 2 nitrogen and oxygen atoms in total. The van der Waals surface area contributed by atoms with Gasteiger partial charge in [0.05, 0.1) is 6.10 Å². The van der Waals surface area contributed by atoms with Crippen LogP contribution >= 0.6 is 0 Å². The number of nitrogen functional groups attached to an aromatic ring is 1. The Kier molecular flexibility index (Phi) is 3.70. The Hall–Kier alpha value is -1.18. The highest BCUT2D eigenvalue weighted by Crippen LogP contribution is 2.26. The third-order valence-electron chi connectivity index (χ3n) is 3.35. The lowest BCUT2D eigenvalue weighted by molar-refractivity contribution is 0.155. The van der Waals surface area contributed by atoms with Crippen LogP contribution in [-0.2, 0) is 6.42 Å². The fourth-order valence-corrected chi connectivity index (χ4v) is 2.34. The fourth-order valence-electron chi connectivity index (χ4n) is 2.34. The molecular formula is C14H21NO. The second kappa shape index (κ2) is 5.24. The Morgan fingerprint density at radius 1 is 1.25 bits per heavy atom. The van der Waals surface area contributed by atoms with Gasteiger partial charge in [-0.05, 0) is 43.7 Å². The molecule has 0 saturated heterocycles. The highest BCUT2D eigenvalue weighted by atomic mass is 16.5. The summed E-state index contributed by atoms with van der Waals surface area (Å²) in [5, 5.41) is 0. The summed E-state index contributed by atoms with van der Waals surface area (Å²) in [6.07, 6.45) is 7.72. The van der Waals surface area contributed by atoms with Crippen LogP contribution in [0.2, 0.25) is 0 Å². The average molecular weight is 219 g/mol. The molecule has 1 aliphatic rings. The van der Waals surface area contributed by atoms with E-state index in [0.29, 0.717) is 6.10 Å². The normalized spacial score (nSPS) is 17.3. The van der Waals surface area contributed by atoms with Crippen molar-refractivity contribution < 1.29 is 4.74 Å². The maximum Gasteiger partial charge on any atom is 0.121 e. The van der Waals surface area contributed by atoms with Gasteiger partial charge in [0.25, 0.3) is 0 Å². The van der Waals surface area contributed by atoms with E-state index >= 15 is 0 Å². The quantitative estimate of drug-likeness (QED) is 0.789. The minimum Gasteiger partial charge on any atom is -0.490 e. The van der Waals surface area contributed by atoms with Gasteiger partial charge in [-0.2, -0.15) is 0 Å². The zero-order valence-electron chi connectivity index (χ0n) is 10.0. The molecule has 1 aromatic carbocycles. The first-order valence-corrected chi connectivity index (χ1v) is 6.34. The van der Waals surface area contributed by atoms with Gasteiger partial charge in [0.2, 0.25) is 0 Å². The van der Waals surface area contributed by atoms with Crippen LogP contribution in [0.3, 0.4) is 0 Å². The lowest BCUT2D eigenvalue weighted by Gasteiger charge is -2.23.